The molecule has 148 valence electrons. The zero-order valence-electron chi connectivity index (χ0n) is 15.2. The van der Waals surface area contributed by atoms with Crippen molar-refractivity contribution in [1.82, 2.24) is 4.98 Å². The number of para-hydroxylation sites is 1. The minimum atomic E-state index is -4.77. The van der Waals surface area contributed by atoms with Gasteiger partial charge in [-0.25, -0.2) is 0 Å². The number of methoxy groups -OCH3 is 1. The summed E-state index contributed by atoms with van der Waals surface area (Å²) in [7, 11) is 1.56. The topological polar surface area (TPSA) is 51.7 Å². The lowest BCUT2D eigenvalue weighted by Crippen LogP contribution is -2.23. The van der Waals surface area contributed by atoms with Gasteiger partial charge in [-0.2, -0.15) is 0 Å². The third-order valence-corrected chi connectivity index (χ3v) is 4.59. The molecule has 0 saturated carbocycles. The van der Waals surface area contributed by atoms with Crippen molar-refractivity contribution in [1.29, 1.82) is 0 Å². The molecule has 0 N–H and O–H groups in total. The van der Waals surface area contributed by atoms with E-state index in [9.17, 15) is 18.0 Å². The monoisotopic (exact) mass is 400 g/mol. The second-order valence-corrected chi connectivity index (χ2v) is 6.32. The number of carbonyl (C=O) groups is 1. The molecule has 0 unspecified atom stereocenters. The first-order valence-corrected chi connectivity index (χ1v) is 8.66. The van der Waals surface area contributed by atoms with E-state index in [1.165, 1.54) is 29.2 Å². The number of amides is 1. The fourth-order valence-electron chi connectivity index (χ4n) is 3.34. The van der Waals surface area contributed by atoms with E-state index in [0.717, 1.165) is 11.1 Å². The lowest BCUT2D eigenvalue weighted by molar-refractivity contribution is -0.274. The maximum Gasteiger partial charge on any atom is 0.573 e. The third kappa shape index (κ3) is 3.61. The van der Waals surface area contributed by atoms with Crippen molar-refractivity contribution < 1.29 is 27.4 Å². The molecular formula is C21H15F3N2O3. The highest BCUT2D eigenvalue weighted by Gasteiger charge is 2.33. The Bertz CT molecular complexity index is 1070. The number of rotatable bonds is 4. The van der Waals surface area contributed by atoms with Gasteiger partial charge in [0.25, 0.3) is 5.91 Å². The molecule has 1 amide bonds. The first-order valence-electron chi connectivity index (χ1n) is 8.66. The summed E-state index contributed by atoms with van der Waals surface area (Å²) < 4.78 is 46.3. The van der Waals surface area contributed by atoms with Crippen LogP contribution in [0.1, 0.15) is 15.9 Å². The Hall–Kier alpha value is -3.55. The summed E-state index contributed by atoms with van der Waals surface area (Å²) in [5.74, 6) is 0.0396. The van der Waals surface area contributed by atoms with Gasteiger partial charge >= 0.3 is 6.36 Å². The molecule has 0 fully saturated rings. The van der Waals surface area contributed by atoms with Crippen molar-refractivity contribution in [2.75, 3.05) is 12.0 Å². The SMILES string of the molecule is COc1ccccc1-c1nccc2c1CN(c1ccc(OC(F)(F)F)cc1)C2=O. The summed E-state index contributed by atoms with van der Waals surface area (Å²) in [6.45, 7) is 0.245. The molecule has 4 rings (SSSR count). The maximum atomic E-state index is 12.9. The van der Waals surface area contributed by atoms with Crippen LogP contribution in [0.5, 0.6) is 11.5 Å². The summed E-state index contributed by atoms with van der Waals surface area (Å²) in [6, 6.07) is 14.2. The third-order valence-electron chi connectivity index (χ3n) is 4.59. The van der Waals surface area contributed by atoms with Gasteiger partial charge in [-0.15, -0.1) is 13.2 Å². The van der Waals surface area contributed by atoms with Crippen LogP contribution in [0.25, 0.3) is 11.3 Å². The van der Waals surface area contributed by atoms with Crippen LogP contribution >= 0.6 is 0 Å². The van der Waals surface area contributed by atoms with E-state index in [4.69, 9.17) is 4.74 Å². The molecule has 0 radical (unpaired) electrons. The highest BCUT2D eigenvalue weighted by Crippen LogP contribution is 2.37. The molecule has 2 heterocycles. The van der Waals surface area contributed by atoms with Gasteiger partial charge in [0, 0.05) is 28.6 Å². The Labute approximate surface area is 164 Å². The number of ether oxygens (including phenoxy) is 2. The van der Waals surface area contributed by atoms with Gasteiger partial charge in [0.15, 0.2) is 0 Å². The number of anilines is 1. The van der Waals surface area contributed by atoms with Crippen molar-refractivity contribution in [3.8, 4) is 22.8 Å². The normalized spacial score (nSPS) is 13.4. The molecule has 1 aromatic heterocycles. The summed E-state index contributed by atoms with van der Waals surface area (Å²) in [6.07, 6.45) is -3.21. The van der Waals surface area contributed by atoms with E-state index in [1.807, 2.05) is 24.3 Å². The van der Waals surface area contributed by atoms with Crippen molar-refractivity contribution in [2.24, 2.45) is 0 Å². The molecule has 2 aromatic carbocycles. The molecule has 5 nitrogen and oxygen atoms in total. The minimum Gasteiger partial charge on any atom is -0.496 e. The average Bonchev–Trinajstić information content (AvgIpc) is 3.04. The first-order chi connectivity index (χ1) is 13.9. The fourth-order valence-corrected chi connectivity index (χ4v) is 3.34. The zero-order chi connectivity index (χ0) is 20.6. The predicted molar refractivity (Wildman–Crippen MR) is 99.9 cm³/mol. The standard InChI is InChI=1S/C21H15F3N2O3/c1-28-18-5-3-2-4-16(18)19-17-12-26(20(27)15(17)10-11-25-19)13-6-8-14(9-7-13)29-21(22,23)24/h2-11H,12H2,1H3. The highest BCUT2D eigenvalue weighted by molar-refractivity contribution is 6.11. The molecule has 0 bridgehead atoms. The number of benzene rings is 2. The molecule has 0 aliphatic carbocycles. The van der Waals surface area contributed by atoms with Gasteiger partial charge in [0.1, 0.15) is 11.5 Å². The van der Waals surface area contributed by atoms with Crippen molar-refractivity contribution in [2.45, 2.75) is 12.9 Å². The number of alkyl halides is 3. The number of carbonyl (C=O) groups excluding carboxylic acids is 1. The number of nitrogens with zero attached hydrogens (tertiary/aromatic N) is 2. The Kier molecular flexibility index (Phi) is 4.62. The smallest absolute Gasteiger partial charge is 0.496 e. The van der Waals surface area contributed by atoms with E-state index >= 15 is 0 Å². The Morgan fingerprint density at radius 2 is 1.72 bits per heavy atom. The molecule has 1 aliphatic heterocycles. The summed E-state index contributed by atoms with van der Waals surface area (Å²) in [4.78, 5) is 18.8. The summed E-state index contributed by atoms with van der Waals surface area (Å²) >= 11 is 0. The Morgan fingerprint density at radius 1 is 1.00 bits per heavy atom. The van der Waals surface area contributed by atoms with E-state index in [2.05, 4.69) is 9.72 Å². The van der Waals surface area contributed by atoms with Crippen LogP contribution in [0, 0.1) is 0 Å². The Morgan fingerprint density at radius 3 is 2.41 bits per heavy atom. The first kappa shape index (κ1) is 18.8. The maximum absolute atomic E-state index is 12.9. The van der Waals surface area contributed by atoms with E-state index in [0.29, 0.717) is 22.7 Å². The van der Waals surface area contributed by atoms with Gasteiger partial charge in [-0.1, -0.05) is 12.1 Å². The van der Waals surface area contributed by atoms with Gasteiger partial charge in [-0.3, -0.25) is 9.78 Å². The van der Waals surface area contributed by atoms with Crippen LogP contribution in [-0.4, -0.2) is 24.4 Å². The van der Waals surface area contributed by atoms with E-state index in [1.54, 1.807) is 19.4 Å². The van der Waals surface area contributed by atoms with Crippen LogP contribution < -0.4 is 14.4 Å². The predicted octanol–water partition coefficient (Wildman–Crippen LogP) is 4.82. The van der Waals surface area contributed by atoms with Crippen LogP contribution in [-0.2, 0) is 6.54 Å². The lowest BCUT2D eigenvalue weighted by Gasteiger charge is -2.17. The molecule has 0 atom stereocenters. The van der Waals surface area contributed by atoms with Crippen LogP contribution in [0.3, 0.4) is 0 Å². The largest absolute Gasteiger partial charge is 0.573 e. The minimum absolute atomic E-state index is 0.245. The Balaban J connectivity index is 1.67. The number of aromatic nitrogens is 1. The number of pyridine rings is 1. The van der Waals surface area contributed by atoms with Crippen molar-refractivity contribution in [3.05, 3.63) is 71.9 Å². The van der Waals surface area contributed by atoms with Gasteiger partial charge in [0.05, 0.1) is 19.3 Å². The van der Waals surface area contributed by atoms with Crippen molar-refractivity contribution in [3.63, 3.8) is 0 Å². The van der Waals surface area contributed by atoms with Crippen LogP contribution in [0.4, 0.5) is 18.9 Å². The van der Waals surface area contributed by atoms with Crippen LogP contribution in [0.15, 0.2) is 60.8 Å². The molecule has 8 heteroatoms. The lowest BCUT2D eigenvalue weighted by atomic mass is 10.0. The summed E-state index contributed by atoms with van der Waals surface area (Å²) in [5, 5.41) is 0. The molecule has 0 spiro atoms. The van der Waals surface area contributed by atoms with Gasteiger partial charge < -0.3 is 14.4 Å². The number of hydrogen-bond acceptors (Lipinski definition) is 4. The van der Waals surface area contributed by atoms with Crippen LogP contribution in [0.2, 0.25) is 0 Å². The van der Waals surface area contributed by atoms with Gasteiger partial charge in [0.2, 0.25) is 0 Å². The molecule has 1 aliphatic rings. The highest BCUT2D eigenvalue weighted by atomic mass is 19.4. The number of hydrogen-bond donors (Lipinski definition) is 0. The zero-order valence-corrected chi connectivity index (χ0v) is 15.2. The number of halogens is 3. The van der Waals surface area contributed by atoms with E-state index < -0.39 is 6.36 Å². The second-order valence-electron chi connectivity index (χ2n) is 6.32. The molecule has 29 heavy (non-hydrogen) atoms. The fraction of sp³-hybridized carbons (Fsp3) is 0.143. The van der Waals surface area contributed by atoms with Crippen molar-refractivity contribution >= 4 is 11.6 Å². The quantitative estimate of drug-likeness (QED) is 0.630. The molecule has 3 aromatic rings. The van der Waals surface area contributed by atoms with E-state index in [-0.39, 0.29) is 18.2 Å². The van der Waals surface area contributed by atoms with Gasteiger partial charge in [-0.05, 0) is 42.5 Å². The summed E-state index contributed by atoms with van der Waals surface area (Å²) in [5.41, 5.74) is 3.09. The molecule has 0 saturated heterocycles. The second kappa shape index (κ2) is 7.12. The average molecular weight is 400 g/mol. The number of fused-ring (bicyclic) bond motifs is 1. The molecular weight excluding hydrogens is 385 g/mol.